The lowest BCUT2D eigenvalue weighted by molar-refractivity contribution is 0.162. The van der Waals surface area contributed by atoms with Gasteiger partial charge in [0.05, 0.1) is 19.3 Å². The molecular weight excluding hydrogens is 214 g/mol. The summed E-state index contributed by atoms with van der Waals surface area (Å²) in [7, 11) is 1.65. The summed E-state index contributed by atoms with van der Waals surface area (Å²) in [5.74, 6) is 0.806. The number of hydrogen-bond donors (Lipinski definition) is 2. The van der Waals surface area contributed by atoms with E-state index < -0.39 is 5.54 Å². The maximum absolute atomic E-state index is 9.68. The van der Waals surface area contributed by atoms with Crippen molar-refractivity contribution < 1.29 is 9.84 Å². The molecule has 1 atom stereocenters. The lowest BCUT2D eigenvalue weighted by atomic mass is 9.90. The Morgan fingerprint density at radius 1 is 1.41 bits per heavy atom. The molecule has 1 rings (SSSR count). The van der Waals surface area contributed by atoms with E-state index in [0.717, 1.165) is 16.9 Å². The highest BCUT2D eigenvalue weighted by atomic mass is 16.5. The monoisotopic (exact) mass is 237 g/mol. The molecule has 0 radical (unpaired) electrons. The van der Waals surface area contributed by atoms with Crippen LogP contribution in [0, 0.1) is 6.92 Å². The largest absolute Gasteiger partial charge is 0.496 e. The van der Waals surface area contributed by atoms with Gasteiger partial charge in [-0.15, -0.1) is 0 Å². The van der Waals surface area contributed by atoms with Gasteiger partial charge in [0.2, 0.25) is 0 Å². The molecule has 0 heterocycles. The first kappa shape index (κ1) is 14.0. The highest BCUT2D eigenvalue weighted by Gasteiger charge is 2.29. The zero-order valence-electron chi connectivity index (χ0n) is 11.4. The summed E-state index contributed by atoms with van der Waals surface area (Å²) in [5.41, 5.74) is 1.67. The number of aliphatic hydroxyl groups is 1. The van der Waals surface area contributed by atoms with Gasteiger partial charge in [0.15, 0.2) is 0 Å². The van der Waals surface area contributed by atoms with Gasteiger partial charge in [0.1, 0.15) is 5.75 Å². The predicted molar refractivity (Wildman–Crippen MR) is 70.4 cm³/mol. The third-order valence-corrected chi connectivity index (χ3v) is 2.87. The van der Waals surface area contributed by atoms with Gasteiger partial charge in [-0.05, 0) is 33.8 Å². The van der Waals surface area contributed by atoms with Crippen molar-refractivity contribution in [3.8, 4) is 5.75 Å². The van der Waals surface area contributed by atoms with Crippen molar-refractivity contribution in [1.29, 1.82) is 0 Å². The lowest BCUT2D eigenvalue weighted by Gasteiger charge is -2.33. The minimum absolute atomic E-state index is 0.0327. The standard InChI is InChI=1S/C14H23NO2/c1-10(2)15-14(4,9-16)12-8-11(3)6-7-13(12)17-5/h6-8,10,15-16H,9H2,1-5H3. The average molecular weight is 237 g/mol. The van der Waals surface area contributed by atoms with Crippen LogP contribution in [-0.4, -0.2) is 24.9 Å². The summed E-state index contributed by atoms with van der Waals surface area (Å²) in [6, 6.07) is 6.30. The Labute approximate surface area is 104 Å². The van der Waals surface area contributed by atoms with E-state index in [2.05, 4.69) is 25.2 Å². The first-order chi connectivity index (χ1) is 7.92. The Balaban J connectivity index is 3.22. The van der Waals surface area contributed by atoms with Gasteiger partial charge < -0.3 is 15.2 Å². The van der Waals surface area contributed by atoms with Crippen LogP contribution in [0.1, 0.15) is 31.9 Å². The Morgan fingerprint density at radius 3 is 2.53 bits per heavy atom. The fraction of sp³-hybridized carbons (Fsp3) is 0.571. The van der Waals surface area contributed by atoms with E-state index >= 15 is 0 Å². The van der Waals surface area contributed by atoms with Crippen LogP contribution in [0.3, 0.4) is 0 Å². The number of hydrogen-bond acceptors (Lipinski definition) is 3. The van der Waals surface area contributed by atoms with Crippen LogP contribution < -0.4 is 10.1 Å². The zero-order chi connectivity index (χ0) is 13.1. The average Bonchev–Trinajstić information content (AvgIpc) is 2.28. The Hall–Kier alpha value is -1.06. The second-order valence-electron chi connectivity index (χ2n) is 4.99. The number of methoxy groups -OCH3 is 1. The number of benzene rings is 1. The molecular formula is C14H23NO2. The van der Waals surface area contributed by atoms with E-state index in [9.17, 15) is 5.11 Å². The van der Waals surface area contributed by atoms with Crippen LogP contribution in [0.4, 0.5) is 0 Å². The molecule has 3 heteroatoms. The molecule has 0 amide bonds. The van der Waals surface area contributed by atoms with Crippen LogP contribution in [0.25, 0.3) is 0 Å². The van der Waals surface area contributed by atoms with Crippen molar-refractivity contribution in [3.63, 3.8) is 0 Å². The number of rotatable bonds is 5. The van der Waals surface area contributed by atoms with Gasteiger partial charge in [-0.1, -0.05) is 17.7 Å². The molecule has 0 bridgehead atoms. The first-order valence-electron chi connectivity index (χ1n) is 5.96. The van der Waals surface area contributed by atoms with Crippen LogP contribution in [0.5, 0.6) is 5.75 Å². The van der Waals surface area contributed by atoms with Crippen LogP contribution >= 0.6 is 0 Å². The number of ether oxygens (including phenoxy) is 1. The molecule has 0 spiro atoms. The summed E-state index contributed by atoms with van der Waals surface area (Å²) in [6.07, 6.45) is 0. The summed E-state index contributed by atoms with van der Waals surface area (Å²) in [5, 5.41) is 13.1. The lowest BCUT2D eigenvalue weighted by Crippen LogP contribution is -2.46. The van der Waals surface area contributed by atoms with Gasteiger partial charge in [-0.2, -0.15) is 0 Å². The third kappa shape index (κ3) is 3.20. The van der Waals surface area contributed by atoms with E-state index in [4.69, 9.17) is 4.74 Å². The molecule has 1 aromatic carbocycles. The van der Waals surface area contributed by atoms with Crippen LogP contribution in [-0.2, 0) is 5.54 Å². The molecule has 3 nitrogen and oxygen atoms in total. The quantitative estimate of drug-likeness (QED) is 0.825. The van der Waals surface area contributed by atoms with Crippen molar-refractivity contribution in [3.05, 3.63) is 29.3 Å². The predicted octanol–water partition coefficient (Wildman–Crippen LogP) is 2.21. The molecule has 0 saturated heterocycles. The van der Waals surface area contributed by atoms with E-state index in [1.54, 1.807) is 7.11 Å². The van der Waals surface area contributed by atoms with Gasteiger partial charge in [0, 0.05) is 11.6 Å². The molecule has 2 N–H and O–H groups in total. The van der Waals surface area contributed by atoms with Gasteiger partial charge in [0.25, 0.3) is 0 Å². The summed E-state index contributed by atoms with van der Waals surface area (Å²) in [6.45, 7) is 8.19. The maximum Gasteiger partial charge on any atom is 0.124 e. The van der Waals surface area contributed by atoms with E-state index in [0.29, 0.717) is 0 Å². The molecule has 0 aliphatic heterocycles. The number of aryl methyl sites for hydroxylation is 1. The highest BCUT2D eigenvalue weighted by Crippen LogP contribution is 2.31. The Kier molecular flexibility index (Phi) is 4.54. The van der Waals surface area contributed by atoms with Crippen molar-refractivity contribution in [2.75, 3.05) is 13.7 Å². The molecule has 1 aromatic rings. The molecule has 1 unspecified atom stereocenters. The van der Waals surface area contributed by atoms with Crippen molar-refractivity contribution in [2.24, 2.45) is 0 Å². The first-order valence-corrected chi connectivity index (χ1v) is 5.96. The summed E-state index contributed by atoms with van der Waals surface area (Å²) >= 11 is 0. The van der Waals surface area contributed by atoms with Crippen LogP contribution in [0.2, 0.25) is 0 Å². The van der Waals surface area contributed by atoms with Gasteiger partial charge in [-0.3, -0.25) is 0 Å². The third-order valence-electron chi connectivity index (χ3n) is 2.87. The highest BCUT2D eigenvalue weighted by molar-refractivity contribution is 5.41. The van der Waals surface area contributed by atoms with Crippen molar-refractivity contribution in [1.82, 2.24) is 5.32 Å². The minimum atomic E-state index is -0.481. The molecule has 0 fully saturated rings. The molecule has 17 heavy (non-hydrogen) atoms. The molecule has 0 aromatic heterocycles. The molecule has 0 aliphatic carbocycles. The molecule has 0 aliphatic rings. The Bertz CT molecular complexity index is 376. The van der Waals surface area contributed by atoms with Crippen molar-refractivity contribution in [2.45, 2.75) is 39.3 Å². The minimum Gasteiger partial charge on any atom is -0.496 e. The van der Waals surface area contributed by atoms with E-state index in [1.807, 2.05) is 26.0 Å². The summed E-state index contributed by atoms with van der Waals surface area (Å²) in [4.78, 5) is 0. The van der Waals surface area contributed by atoms with Crippen LogP contribution in [0.15, 0.2) is 18.2 Å². The van der Waals surface area contributed by atoms with Crippen molar-refractivity contribution >= 4 is 0 Å². The topological polar surface area (TPSA) is 41.5 Å². The van der Waals surface area contributed by atoms with E-state index in [-0.39, 0.29) is 12.6 Å². The van der Waals surface area contributed by atoms with E-state index in [1.165, 1.54) is 0 Å². The van der Waals surface area contributed by atoms with Gasteiger partial charge >= 0.3 is 0 Å². The SMILES string of the molecule is COc1ccc(C)cc1C(C)(CO)NC(C)C. The fourth-order valence-corrected chi connectivity index (χ4v) is 2.10. The zero-order valence-corrected chi connectivity index (χ0v) is 11.4. The second kappa shape index (κ2) is 5.52. The number of aliphatic hydroxyl groups excluding tert-OH is 1. The second-order valence-corrected chi connectivity index (χ2v) is 4.99. The smallest absolute Gasteiger partial charge is 0.124 e. The fourth-order valence-electron chi connectivity index (χ4n) is 2.10. The Morgan fingerprint density at radius 2 is 2.06 bits per heavy atom. The van der Waals surface area contributed by atoms with Gasteiger partial charge in [-0.25, -0.2) is 0 Å². The maximum atomic E-state index is 9.68. The normalized spacial score (nSPS) is 14.8. The molecule has 0 saturated carbocycles. The number of nitrogens with one attached hydrogen (secondary N) is 1. The summed E-state index contributed by atoms with van der Waals surface area (Å²) < 4.78 is 5.38. The molecule has 96 valence electrons.